The van der Waals surface area contributed by atoms with Crippen molar-refractivity contribution in [3.05, 3.63) is 42.0 Å². The molecule has 1 heterocycles. The van der Waals surface area contributed by atoms with Crippen molar-refractivity contribution in [1.82, 2.24) is 15.3 Å². The van der Waals surface area contributed by atoms with Crippen LogP contribution in [0.15, 0.2) is 35.5 Å². The maximum Gasteiger partial charge on any atom is 0.407 e. The molecule has 0 radical (unpaired) electrons. The summed E-state index contributed by atoms with van der Waals surface area (Å²) in [6, 6.07) is 4.30. The highest BCUT2D eigenvalue weighted by Gasteiger charge is 2.30. The zero-order valence-electron chi connectivity index (χ0n) is 17.1. The summed E-state index contributed by atoms with van der Waals surface area (Å²) in [5, 5.41) is 11.0. The number of halogens is 1. The van der Waals surface area contributed by atoms with Crippen molar-refractivity contribution in [3.63, 3.8) is 0 Å². The van der Waals surface area contributed by atoms with E-state index in [1.165, 1.54) is 12.1 Å². The Kier molecular flexibility index (Phi) is 6.77. The van der Waals surface area contributed by atoms with Gasteiger partial charge >= 0.3 is 6.09 Å². The summed E-state index contributed by atoms with van der Waals surface area (Å²) in [6.45, 7) is 0. The molecule has 10 heteroatoms. The molecular formula is C21H26FN5O3S. The number of benzene rings is 1. The van der Waals surface area contributed by atoms with Gasteiger partial charge in [0.05, 0.1) is 10.6 Å². The minimum absolute atomic E-state index is 0.107. The second-order valence-electron chi connectivity index (χ2n) is 8.07. The fraction of sp³-hybridized carbons (Fsp3) is 0.476. The number of rotatable bonds is 6. The number of anilines is 2. The van der Waals surface area contributed by atoms with Gasteiger partial charge in [-0.2, -0.15) is 0 Å². The highest BCUT2D eigenvalue weighted by Crippen LogP contribution is 2.36. The molecule has 2 aliphatic rings. The molecule has 3 atom stereocenters. The minimum atomic E-state index is -1.74. The monoisotopic (exact) mass is 447 g/mol. The van der Waals surface area contributed by atoms with Crippen LogP contribution in [0.1, 0.15) is 56.4 Å². The van der Waals surface area contributed by atoms with E-state index in [9.17, 15) is 13.4 Å². The number of carbonyl (C=O) groups is 1. The van der Waals surface area contributed by atoms with Crippen LogP contribution in [0.5, 0.6) is 0 Å². The maximum absolute atomic E-state index is 14.1. The number of alkyl carbamates (subject to hydrolysis) is 1. The van der Waals surface area contributed by atoms with Crippen LogP contribution in [0.2, 0.25) is 0 Å². The summed E-state index contributed by atoms with van der Waals surface area (Å²) in [4.78, 5) is 20.8. The molecule has 0 spiro atoms. The third kappa shape index (κ3) is 5.56. The van der Waals surface area contributed by atoms with Crippen molar-refractivity contribution in [2.45, 2.75) is 67.9 Å². The van der Waals surface area contributed by atoms with Gasteiger partial charge in [-0.25, -0.2) is 28.5 Å². The fourth-order valence-electron chi connectivity index (χ4n) is 4.23. The Balaban J connectivity index is 1.30. The molecule has 0 bridgehead atoms. The fourth-order valence-corrected chi connectivity index (χ4v) is 4.65. The van der Waals surface area contributed by atoms with Gasteiger partial charge in [0.2, 0.25) is 5.95 Å². The first-order valence-electron chi connectivity index (χ1n) is 10.5. The summed E-state index contributed by atoms with van der Waals surface area (Å²) in [6.07, 6.45) is 9.81. The number of nitrogens with zero attached hydrogens (tertiary/aromatic N) is 2. The molecule has 2 saturated carbocycles. The van der Waals surface area contributed by atoms with E-state index in [0.29, 0.717) is 0 Å². The van der Waals surface area contributed by atoms with Crippen molar-refractivity contribution in [3.8, 4) is 0 Å². The average Bonchev–Trinajstić information content (AvgIpc) is 3.42. The predicted molar refractivity (Wildman–Crippen MR) is 115 cm³/mol. The lowest BCUT2D eigenvalue weighted by atomic mass is 10.0. The lowest BCUT2D eigenvalue weighted by molar-refractivity contribution is 0.0972. The van der Waals surface area contributed by atoms with Crippen molar-refractivity contribution >= 4 is 28.7 Å². The lowest BCUT2D eigenvalue weighted by Gasteiger charge is -2.16. The highest BCUT2D eigenvalue weighted by atomic mass is 32.2. The van der Waals surface area contributed by atoms with E-state index >= 15 is 0 Å². The van der Waals surface area contributed by atoms with Crippen LogP contribution in [-0.2, 0) is 15.7 Å². The molecule has 0 saturated heterocycles. The van der Waals surface area contributed by atoms with Crippen LogP contribution in [-0.4, -0.2) is 32.4 Å². The van der Waals surface area contributed by atoms with Crippen LogP contribution in [0, 0.1) is 5.82 Å². The Morgan fingerprint density at radius 1 is 1.16 bits per heavy atom. The Hall–Kier alpha value is -2.59. The standard InChI is InChI=1S/C21H26FN5O3S/c22-18-10-17(31(23)29)7-8-19(18)27-20-24-11-14(12-25-20)13-5-6-16(9-13)30-21(28)26-15-3-1-2-4-15/h7-8,10-13,15-16H,1-6,9,23H2,(H,26,28)(H,24,25,27). The zero-order valence-corrected chi connectivity index (χ0v) is 17.9. The number of amides is 1. The van der Waals surface area contributed by atoms with Gasteiger partial charge in [0, 0.05) is 18.4 Å². The number of hydrogen-bond donors (Lipinski definition) is 3. The Labute approximate surface area is 182 Å². The summed E-state index contributed by atoms with van der Waals surface area (Å²) in [7, 11) is -1.74. The molecule has 2 aromatic rings. The Bertz CT molecular complexity index is 953. The van der Waals surface area contributed by atoms with E-state index in [2.05, 4.69) is 20.6 Å². The Morgan fingerprint density at radius 2 is 1.90 bits per heavy atom. The van der Waals surface area contributed by atoms with Gasteiger partial charge in [-0.3, -0.25) is 0 Å². The van der Waals surface area contributed by atoms with Gasteiger partial charge in [0.25, 0.3) is 0 Å². The number of carbonyl (C=O) groups excluding carboxylic acids is 1. The summed E-state index contributed by atoms with van der Waals surface area (Å²) < 4.78 is 31.0. The number of nitrogens with one attached hydrogen (secondary N) is 2. The summed E-state index contributed by atoms with van der Waals surface area (Å²) >= 11 is 0. The predicted octanol–water partition coefficient (Wildman–Crippen LogP) is 3.65. The molecule has 166 valence electrons. The SMILES string of the molecule is NS(=O)c1ccc(Nc2ncc(C3CCC(OC(=O)NC4CCCC4)C3)cn2)c(F)c1. The van der Waals surface area contributed by atoms with Gasteiger partial charge in [-0.05, 0) is 61.8 Å². The van der Waals surface area contributed by atoms with Crippen molar-refractivity contribution in [1.29, 1.82) is 0 Å². The second-order valence-corrected chi connectivity index (χ2v) is 9.13. The molecule has 3 unspecified atom stereocenters. The van der Waals surface area contributed by atoms with Crippen molar-refractivity contribution in [2.24, 2.45) is 5.14 Å². The molecule has 1 amide bonds. The van der Waals surface area contributed by atoms with Crippen molar-refractivity contribution < 1.29 is 18.1 Å². The van der Waals surface area contributed by atoms with Crippen LogP contribution < -0.4 is 15.8 Å². The second kappa shape index (κ2) is 9.69. The van der Waals surface area contributed by atoms with E-state index in [1.54, 1.807) is 12.4 Å². The molecule has 2 aliphatic carbocycles. The van der Waals surface area contributed by atoms with Gasteiger partial charge in [0.1, 0.15) is 22.9 Å². The number of ether oxygens (including phenoxy) is 1. The molecule has 4 N–H and O–H groups in total. The third-order valence-corrected chi connectivity index (χ3v) is 6.62. The van der Waals surface area contributed by atoms with E-state index in [1.807, 2.05) is 0 Å². The van der Waals surface area contributed by atoms with E-state index in [0.717, 1.165) is 56.6 Å². The first-order chi connectivity index (χ1) is 15.0. The van der Waals surface area contributed by atoms with E-state index < -0.39 is 16.8 Å². The molecule has 4 rings (SSSR count). The lowest BCUT2D eigenvalue weighted by Crippen LogP contribution is -2.35. The first kappa shape index (κ1) is 21.6. The van der Waals surface area contributed by atoms with Crippen LogP contribution >= 0.6 is 0 Å². The third-order valence-electron chi connectivity index (χ3n) is 5.90. The zero-order chi connectivity index (χ0) is 21.8. The molecule has 31 heavy (non-hydrogen) atoms. The van der Waals surface area contributed by atoms with Crippen LogP contribution in [0.4, 0.5) is 20.8 Å². The van der Waals surface area contributed by atoms with Crippen molar-refractivity contribution in [2.75, 3.05) is 5.32 Å². The Morgan fingerprint density at radius 3 is 2.58 bits per heavy atom. The summed E-state index contributed by atoms with van der Waals surface area (Å²) in [5.74, 6) is -0.115. The van der Waals surface area contributed by atoms with Gasteiger partial charge in [0.15, 0.2) is 0 Å². The first-order valence-corrected chi connectivity index (χ1v) is 11.7. The molecule has 2 fully saturated rings. The minimum Gasteiger partial charge on any atom is -0.446 e. The maximum atomic E-state index is 14.1. The van der Waals surface area contributed by atoms with Crippen LogP contribution in [0.25, 0.3) is 0 Å². The molecule has 1 aromatic heterocycles. The summed E-state index contributed by atoms with van der Waals surface area (Å²) in [5.41, 5.74) is 1.13. The van der Waals surface area contributed by atoms with E-state index in [4.69, 9.17) is 9.88 Å². The van der Waals surface area contributed by atoms with Gasteiger partial charge in [-0.15, -0.1) is 0 Å². The number of aromatic nitrogens is 2. The quantitative estimate of drug-likeness (QED) is 0.622. The highest BCUT2D eigenvalue weighted by molar-refractivity contribution is 7.82. The normalized spacial score (nSPS) is 22.3. The molecule has 8 nitrogen and oxygen atoms in total. The number of hydrogen-bond acceptors (Lipinski definition) is 6. The molecule has 0 aliphatic heterocycles. The molecule has 1 aromatic carbocycles. The largest absolute Gasteiger partial charge is 0.446 e. The topological polar surface area (TPSA) is 119 Å². The number of nitrogens with two attached hydrogens (primary N) is 1. The average molecular weight is 448 g/mol. The smallest absolute Gasteiger partial charge is 0.407 e. The van der Waals surface area contributed by atoms with Crippen LogP contribution in [0.3, 0.4) is 0 Å². The molecular weight excluding hydrogens is 421 g/mol. The van der Waals surface area contributed by atoms with Gasteiger partial charge < -0.3 is 15.4 Å². The van der Waals surface area contributed by atoms with E-state index in [-0.39, 0.29) is 40.7 Å². The van der Waals surface area contributed by atoms with Gasteiger partial charge in [-0.1, -0.05) is 12.8 Å².